The van der Waals surface area contributed by atoms with E-state index < -0.39 is 5.97 Å². The summed E-state index contributed by atoms with van der Waals surface area (Å²) in [6.07, 6.45) is 0.735. The van der Waals surface area contributed by atoms with Gasteiger partial charge in [-0.25, -0.2) is 4.79 Å². The summed E-state index contributed by atoms with van der Waals surface area (Å²) in [6.45, 7) is 2.52. The molecule has 1 aromatic rings. The molecule has 0 aliphatic carbocycles. The second-order valence-electron chi connectivity index (χ2n) is 3.61. The number of carboxylic acids is 1. The summed E-state index contributed by atoms with van der Waals surface area (Å²) in [7, 11) is 0. The lowest BCUT2D eigenvalue weighted by atomic mass is 10.3. The molecule has 1 heterocycles. The average Bonchev–Trinajstić information content (AvgIpc) is 2.77. The monoisotopic (exact) mass is 256 g/mol. The number of hydrogen-bond acceptors (Lipinski definition) is 3. The van der Waals surface area contributed by atoms with Crippen LogP contribution in [0, 0.1) is 0 Å². The van der Waals surface area contributed by atoms with Crippen molar-refractivity contribution in [2.75, 3.05) is 13.1 Å². The molecule has 0 aromatic carbocycles. The summed E-state index contributed by atoms with van der Waals surface area (Å²) >= 11 is 1.56. The molecule has 0 saturated heterocycles. The van der Waals surface area contributed by atoms with Crippen LogP contribution in [0.2, 0.25) is 0 Å². The van der Waals surface area contributed by atoms with E-state index >= 15 is 0 Å². The van der Waals surface area contributed by atoms with E-state index in [0.29, 0.717) is 13.1 Å². The third-order valence-electron chi connectivity index (χ3n) is 2.13. The smallest absolute Gasteiger partial charge is 0.323 e. The van der Waals surface area contributed by atoms with Crippen LogP contribution < -0.4 is 5.32 Å². The van der Waals surface area contributed by atoms with Gasteiger partial charge in [-0.05, 0) is 28.8 Å². The lowest BCUT2D eigenvalue weighted by molar-refractivity contribution is -0.137. The highest BCUT2D eigenvalue weighted by Gasteiger charge is 2.15. The van der Waals surface area contributed by atoms with E-state index in [4.69, 9.17) is 5.11 Å². The van der Waals surface area contributed by atoms with Crippen molar-refractivity contribution >= 4 is 23.3 Å². The van der Waals surface area contributed by atoms with Crippen molar-refractivity contribution in [2.24, 2.45) is 0 Å². The predicted molar refractivity (Wildman–Crippen MR) is 66.1 cm³/mol. The van der Waals surface area contributed by atoms with Crippen molar-refractivity contribution in [3.8, 4) is 0 Å². The Morgan fingerprint density at radius 1 is 1.53 bits per heavy atom. The molecule has 5 nitrogen and oxygen atoms in total. The van der Waals surface area contributed by atoms with E-state index in [1.807, 2.05) is 23.8 Å². The van der Waals surface area contributed by atoms with Crippen LogP contribution in [0.4, 0.5) is 4.79 Å². The largest absolute Gasteiger partial charge is 0.480 e. The zero-order chi connectivity index (χ0) is 12.7. The first-order chi connectivity index (χ1) is 8.13. The van der Waals surface area contributed by atoms with Crippen LogP contribution in [0.3, 0.4) is 0 Å². The van der Waals surface area contributed by atoms with Crippen LogP contribution in [0.25, 0.3) is 0 Å². The van der Waals surface area contributed by atoms with Gasteiger partial charge in [0.15, 0.2) is 0 Å². The Labute approximate surface area is 104 Å². The third kappa shape index (κ3) is 4.86. The van der Waals surface area contributed by atoms with Gasteiger partial charge in [-0.2, -0.15) is 11.3 Å². The molecule has 2 N–H and O–H groups in total. The van der Waals surface area contributed by atoms with Crippen molar-refractivity contribution in [1.82, 2.24) is 10.2 Å². The number of rotatable bonds is 6. The number of urea groups is 1. The highest BCUT2D eigenvalue weighted by Crippen LogP contribution is 2.05. The SMILES string of the molecule is CCCN(CC(=O)O)C(=O)NCc1ccsc1. The molecule has 0 saturated carbocycles. The Kier molecular flexibility index (Phi) is 5.48. The van der Waals surface area contributed by atoms with E-state index in [-0.39, 0.29) is 12.6 Å². The standard InChI is InChI=1S/C11H16N2O3S/c1-2-4-13(7-10(14)15)11(16)12-6-9-3-5-17-8-9/h3,5,8H,2,4,6-7H2,1H3,(H,12,16)(H,14,15). The van der Waals surface area contributed by atoms with Crippen molar-refractivity contribution in [3.63, 3.8) is 0 Å². The van der Waals surface area contributed by atoms with Crippen LogP contribution in [0.15, 0.2) is 16.8 Å². The fourth-order valence-electron chi connectivity index (χ4n) is 1.37. The first-order valence-corrected chi connectivity index (χ1v) is 6.33. The normalized spacial score (nSPS) is 9.94. The van der Waals surface area contributed by atoms with Crippen LogP contribution >= 0.6 is 11.3 Å². The van der Waals surface area contributed by atoms with Gasteiger partial charge in [-0.15, -0.1) is 0 Å². The molecule has 1 aromatic heterocycles. The summed E-state index contributed by atoms with van der Waals surface area (Å²) in [5, 5.41) is 15.3. The van der Waals surface area contributed by atoms with Gasteiger partial charge in [0.25, 0.3) is 0 Å². The van der Waals surface area contributed by atoms with Crippen LogP contribution in [0.5, 0.6) is 0 Å². The van der Waals surface area contributed by atoms with Crippen LogP contribution in [-0.2, 0) is 11.3 Å². The predicted octanol–water partition coefficient (Wildman–Crippen LogP) is 1.75. The molecule has 6 heteroatoms. The van der Waals surface area contributed by atoms with E-state index in [9.17, 15) is 9.59 Å². The second-order valence-corrected chi connectivity index (χ2v) is 4.39. The van der Waals surface area contributed by atoms with Gasteiger partial charge in [0.05, 0.1) is 0 Å². The zero-order valence-electron chi connectivity index (χ0n) is 9.68. The highest BCUT2D eigenvalue weighted by atomic mass is 32.1. The molecular weight excluding hydrogens is 240 g/mol. The number of carbonyl (C=O) groups is 2. The number of nitrogens with one attached hydrogen (secondary N) is 1. The molecule has 0 unspecified atom stereocenters. The second kappa shape index (κ2) is 6.90. The maximum absolute atomic E-state index is 11.7. The quantitative estimate of drug-likeness (QED) is 0.814. The van der Waals surface area contributed by atoms with Crippen LogP contribution in [-0.4, -0.2) is 35.1 Å². The molecule has 94 valence electrons. The Morgan fingerprint density at radius 2 is 2.29 bits per heavy atom. The van der Waals surface area contributed by atoms with E-state index in [1.54, 1.807) is 11.3 Å². The molecule has 0 bridgehead atoms. The number of thiophene rings is 1. The molecule has 1 rings (SSSR count). The Hall–Kier alpha value is -1.56. The lowest BCUT2D eigenvalue weighted by Gasteiger charge is -2.20. The Morgan fingerprint density at radius 3 is 2.82 bits per heavy atom. The van der Waals surface area contributed by atoms with Crippen LogP contribution in [0.1, 0.15) is 18.9 Å². The van der Waals surface area contributed by atoms with E-state index in [2.05, 4.69) is 5.32 Å². The van der Waals surface area contributed by atoms with Gasteiger partial charge in [-0.1, -0.05) is 6.92 Å². The number of aliphatic carboxylic acids is 1. The summed E-state index contributed by atoms with van der Waals surface area (Å²) in [4.78, 5) is 23.6. The summed E-state index contributed by atoms with van der Waals surface area (Å²) in [6, 6.07) is 1.59. The first kappa shape index (κ1) is 13.5. The maximum Gasteiger partial charge on any atom is 0.323 e. The van der Waals surface area contributed by atoms with Crippen molar-refractivity contribution in [1.29, 1.82) is 0 Å². The molecule has 0 spiro atoms. The van der Waals surface area contributed by atoms with E-state index in [0.717, 1.165) is 12.0 Å². The molecule has 0 atom stereocenters. The van der Waals surface area contributed by atoms with Gasteiger partial charge in [0.2, 0.25) is 0 Å². The average molecular weight is 256 g/mol. The van der Waals surface area contributed by atoms with E-state index in [1.165, 1.54) is 4.90 Å². The first-order valence-electron chi connectivity index (χ1n) is 5.39. The molecule has 0 aliphatic heterocycles. The summed E-state index contributed by atoms with van der Waals surface area (Å²) in [5.41, 5.74) is 1.02. The highest BCUT2D eigenvalue weighted by molar-refractivity contribution is 7.07. The summed E-state index contributed by atoms with van der Waals surface area (Å²) in [5.74, 6) is -0.996. The Balaban J connectivity index is 2.44. The molecule has 0 aliphatic rings. The molecule has 2 amide bonds. The number of nitrogens with zero attached hydrogens (tertiary/aromatic N) is 1. The molecule has 0 radical (unpaired) electrons. The minimum atomic E-state index is -0.996. The number of carboxylic acid groups (broad SMARTS) is 1. The molecular formula is C11H16N2O3S. The number of carbonyl (C=O) groups excluding carboxylic acids is 1. The molecule has 17 heavy (non-hydrogen) atoms. The van der Waals surface area contributed by atoms with Crippen molar-refractivity contribution in [3.05, 3.63) is 22.4 Å². The van der Waals surface area contributed by atoms with Gasteiger partial charge in [0.1, 0.15) is 6.54 Å². The molecule has 0 fully saturated rings. The fraction of sp³-hybridized carbons (Fsp3) is 0.455. The maximum atomic E-state index is 11.7. The van der Waals surface area contributed by atoms with Gasteiger partial charge >= 0.3 is 12.0 Å². The van der Waals surface area contributed by atoms with Crippen molar-refractivity contribution in [2.45, 2.75) is 19.9 Å². The third-order valence-corrected chi connectivity index (χ3v) is 2.86. The lowest BCUT2D eigenvalue weighted by Crippen LogP contribution is -2.42. The number of amides is 2. The minimum absolute atomic E-state index is 0.261. The van der Waals surface area contributed by atoms with Gasteiger partial charge < -0.3 is 15.3 Å². The minimum Gasteiger partial charge on any atom is -0.480 e. The zero-order valence-corrected chi connectivity index (χ0v) is 10.5. The number of hydrogen-bond donors (Lipinski definition) is 2. The topological polar surface area (TPSA) is 69.6 Å². The fourth-order valence-corrected chi connectivity index (χ4v) is 2.04. The summed E-state index contributed by atoms with van der Waals surface area (Å²) < 4.78 is 0. The van der Waals surface area contributed by atoms with Gasteiger partial charge in [-0.3, -0.25) is 4.79 Å². The Bertz CT molecular complexity index is 365. The van der Waals surface area contributed by atoms with Crippen molar-refractivity contribution < 1.29 is 14.7 Å². The van der Waals surface area contributed by atoms with Gasteiger partial charge in [0, 0.05) is 13.1 Å².